The maximum absolute atomic E-state index is 13.4. The molecule has 372 valence electrons. The molecule has 0 saturated carbocycles. The summed E-state index contributed by atoms with van der Waals surface area (Å²) in [5.41, 5.74) is 3.01. The van der Waals surface area contributed by atoms with Gasteiger partial charge >= 0.3 is 47.9 Å². The van der Waals surface area contributed by atoms with Crippen molar-refractivity contribution in [3.63, 3.8) is 0 Å². The molecular weight excluding hydrogens is 953 g/mol. The minimum absolute atomic E-state index is 0.0277. The summed E-state index contributed by atoms with van der Waals surface area (Å²) in [6.07, 6.45) is 0. The number of aromatic nitrogens is 6. The van der Waals surface area contributed by atoms with Gasteiger partial charge in [-0.05, 0) is 46.5 Å². The van der Waals surface area contributed by atoms with Crippen LogP contribution in [0.15, 0.2) is 170 Å². The Morgan fingerprint density at radius 2 is 0.568 bits per heavy atom. The molecule has 2 aromatic heterocycles. The molecule has 20 heteroatoms. The predicted octanol–water partition coefficient (Wildman–Crippen LogP) is 8.13. The van der Waals surface area contributed by atoms with Crippen LogP contribution in [-0.2, 0) is 64.6 Å². The molecule has 74 heavy (non-hydrogen) atoms. The van der Waals surface area contributed by atoms with Gasteiger partial charge in [-0.15, -0.1) is 9.97 Å². The molecule has 0 aliphatic carbocycles. The van der Waals surface area contributed by atoms with Crippen LogP contribution in [0.3, 0.4) is 0 Å². The Morgan fingerprint density at radius 1 is 0.324 bits per heavy atom. The van der Waals surface area contributed by atoms with Crippen LogP contribution in [0.2, 0.25) is 0 Å². The van der Waals surface area contributed by atoms with Crippen molar-refractivity contribution in [1.29, 1.82) is 0 Å². The van der Waals surface area contributed by atoms with Crippen LogP contribution >= 0.6 is 0 Å². The van der Waals surface area contributed by atoms with Gasteiger partial charge in [0.2, 0.25) is 11.9 Å². The summed E-state index contributed by atoms with van der Waals surface area (Å²) < 4.78 is 47.0. The lowest BCUT2D eigenvalue weighted by atomic mass is 10.2. The third-order valence-corrected chi connectivity index (χ3v) is 10.4. The fraction of sp³-hybridized carbons (Fsp3) is 0.148. The van der Waals surface area contributed by atoms with Crippen molar-refractivity contribution >= 4 is 35.8 Å². The van der Waals surface area contributed by atoms with E-state index in [-0.39, 0.29) is 85.4 Å². The van der Waals surface area contributed by atoms with Crippen LogP contribution in [0, 0.1) is 0 Å². The molecule has 8 aromatic rings. The minimum Gasteiger partial charge on any atom is -0.459 e. The van der Waals surface area contributed by atoms with Crippen molar-refractivity contribution < 1.29 is 57.1 Å². The first-order chi connectivity index (χ1) is 36.2. The zero-order valence-corrected chi connectivity index (χ0v) is 39.3. The SMILES string of the molecule is O=C(CN(CC(=O)OCc1ccccc1)c1nc2nc(n1)Oc1cccc(c1)Oc1nc(nc(N(CC(=O)OCc3ccccc3)CC(=O)OCc3ccccc3)n1)Oc1cccc(c1)O2)OCc1ccccc1. The molecule has 1 aliphatic heterocycles. The van der Waals surface area contributed by atoms with Crippen LogP contribution in [-0.4, -0.2) is 80.0 Å². The van der Waals surface area contributed by atoms with E-state index in [0.29, 0.717) is 0 Å². The lowest BCUT2D eigenvalue weighted by Gasteiger charge is -2.22. The molecule has 1 aliphatic rings. The van der Waals surface area contributed by atoms with Gasteiger partial charge in [0.15, 0.2) is 0 Å². The summed E-state index contributed by atoms with van der Waals surface area (Å²) in [5.74, 6) is -2.61. The van der Waals surface area contributed by atoms with Crippen molar-refractivity contribution in [2.75, 3.05) is 36.0 Å². The molecule has 9 rings (SSSR count). The van der Waals surface area contributed by atoms with Gasteiger partial charge in [-0.3, -0.25) is 19.2 Å². The first-order valence-corrected chi connectivity index (χ1v) is 22.9. The largest absolute Gasteiger partial charge is 0.459 e. The Bertz CT molecular complexity index is 2790. The lowest BCUT2D eigenvalue weighted by Crippen LogP contribution is -2.37. The van der Waals surface area contributed by atoms with E-state index in [4.69, 9.17) is 37.9 Å². The fourth-order valence-corrected chi connectivity index (χ4v) is 6.90. The van der Waals surface area contributed by atoms with Gasteiger partial charge in [0, 0.05) is 12.1 Å². The minimum atomic E-state index is -0.699. The van der Waals surface area contributed by atoms with Gasteiger partial charge in [0.25, 0.3) is 0 Å². The summed E-state index contributed by atoms with van der Waals surface area (Å²) in [6.45, 7) is -2.07. The number of esters is 4. The average Bonchev–Trinajstić information content (AvgIpc) is 3.41. The molecular formula is C54H44N8O12. The van der Waals surface area contributed by atoms with Gasteiger partial charge in [-0.25, -0.2) is 0 Å². The van der Waals surface area contributed by atoms with Crippen molar-refractivity contribution in [3.8, 4) is 47.0 Å². The number of nitrogens with zero attached hydrogens (tertiary/aromatic N) is 8. The number of ether oxygens (including phenoxy) is 8. The molecule has 0 atom stereocenters. The quantitative estimate of drug-likeness (QED) is 0.0584. The van der Waals surface area contributed by atoms with Gasteiger partial charge in [0.1, 0.15) is 75.6 Å². The second kappa shape index (κ2) is 24.2. The van der Waals surface area contributed by atoms with E-state index in [9.17, 15) is 19.2 Å². The van der Waals surface area contributed by atoms with Crippen molar-refractivity contribution in [2.24, 2.45) is 0 Å². The van der Waals surface area contributed by atoms with Gasteiger partial charge in [-0.2, -0.15) is 19.9 Å². The molecule has 0 spiro atoms. The second-order valence-electron chi connectivity index (χ2n) is 16.1. The highest BCUT2D eigenvalue weighted by atomic mass is 16.6. The Kier molecular flexibility index (Phi) is 16.1. The molecule has 8 bridgehead atoms. The number of carbonyl (C=O) groups is 4. The van der Waals surface area contributed by atoms with E-state index in [1.54, 1.807) is 36.4 Å². The Balaban J connectivity index is 1.01. The first kappa shape index (κ1) is 49.0. The molecule has 0 fully saturated rings. The number of anilines is 2. The normalized spacial score (nSPS) is 11.2. The highest BCUT2D eigenvalue weighted by molar-refractivity contribution is 5.81. The predicted molar refractivity (Wildman–Crippen MR) is 262 cm³/mol. The molecule has 0 unspecified atom stereocenters. The molecule has 20 nitrogen and oxygen atoms in total. The first-order valence-electron chi connectivity index (χ1n) is 22.9. The molecule has 0 amide bonds. The number of hydrogen-bond acceptors (Lipinski definition) is 20. The number of hydrogen-bond donors (Lipinski definition) is 0. The van der Waals surface area contributed by atoms with Crippen molar-refractivity contribution in [3.05, 3.63) is 192 Å². The molecule has 6 aromatic carbocycles. The second-order valence-corrected chi connectivity index (χ2v) is 16.1. The maximum atomic E-state index is 13.4. The summed E-state index contributed by atoms with van der Waals surface area (Å²) in [4.78, 5) is 83.0. The molecule has 0 radical (unpaired) electrons. The highest BCUT2D eigenvalue weighted by Gasteiger charge is 2.26. The van der Waals surface area contributed by atoms with Crippen LogP contribution in [0.4, 0.5) is 11.9 Å². The Hall–Kier alpha value is -9.98. The van der Waals surface area contributed by atoms with Crippen LogP contribution in [0.25, 0.3) is 0 Å². The van der Waals surface area contributed by atoms with Crippen molar-refractivity contribution in [1.82, 2.24) is 29.9 Å². The van der Waals surface area contributed by atoms with E-state index < -0.39 is 50.1 Å². The maximum Gasteiger partial charge on any atom is 0.330 e. The smallest absolute Gasteiger partial charge is 0.330 e. The summed E-state index contributed by atoms with van der Waals surface area (Å²) >= 11 is 0. The van der Waals surface area contributed by atoms with E-state index in [0.717, 1.165) is 22.3 Å². The van der Waals surface area contributed by atoms with E-state index in [2.05, 4.69) is 29.9 Å². The average molecular weight is 997 g/mol. The fourth-order valence-electron chi connectivity index (χ4n) is 6.90. The van der Waals surface area contributed by atoms with Crippen LogP contribution in [0.5, 0.6) is 47.0 Å². The van der Waals surface area contributed by atoms with Gasteiger partial charge < -0.3 is 47.7 Å². The van der Waals surface area contributed by atoms with Crippen LogP contribution < -0.4 is 28.7 Å². The molecule has 3 heterocycles. The monoisotopic (exact) mass is 996 g/mol. The van der Waals surface area contributed by atoms with Crippen molar-refractivity contribution in [2.45, 2.75) is 26.4 Å². The summed E-state index contributed by atoms with van der Waals surface area (Å²) in [5, 5.41) is 0. The Morgan fingerprint density at radius 3 is 0.811 bits per heavy atom. The van der Waals surface area contributed by atoms with Gasteiger partial charge in [0.05, 0.1) is 0 Å². The Labute approximate surface area is 423 Å². The zero-order valence-electron chi connectivity index (χ0n) is 39.3. The lowest BCUT2D eigenvalue weighted by molar-refractivity contribution is -0.146. The van der Waals surface area contributed by atoms with Gasteiger partial charge in [-0.1, -0.05) is 133 Å². The molecule has 0 N–H and O–H groups in total. The standard InChI is InChI=1S/C54H44N8O12/c63-45(67-33-37-15-5-1-6-16-37)29-61(30-46(64)68-34-38-17-7-2-8-18-38)49-55-51-59-52(56-49)72-42-24-14-26-44(28-42)74-54-58-50(57-53(60-54)73-43-25-13-23-41(27-43)71-51)62(31-47(65)69-35-39-19-9-3-10-20-39)32-48(66)70-36-40-21-11-4-12-22-40/h1-28H,29-36H2. The number of benzene rings is 6. The number of fused-ring (bicyclic) bond motifs is 8. The van der Waals surface area contributed by atoms with E-state index in [1.807, 2.05) is 121 Å². The van der Waals surface area contributed by atoms with E-state index >= 15 is 0 Å². The van der Waals surface area contributed by atoms with Crippen LogP contribution in [0.1, 0.15) is 22.3 Å². The third kappa shape index (κ3) is 14.5. The highest BCUT2D eigenvalue weighted by Crippen LogP contribution is 2.32. The summed E-state index contributed by atoms with van der Waals surface area (Å²) in [6, 6.07) is 47.7. The molecule has 0 saturated heterocycles. The number of rotatable bonds is 18. The third-order valence-electron chi connectivity index (χ3n) is 10.4. The summed E-state index contributed by atoms with van der Waals surface area (Å²) in [7, 11) is 0. The zero-order chi connectivity index (χ0) is 50.9. The topological polar surface area (TPSA) is 226 Å². The number of carbonyl (C=O) groups excluding carboxylic acids is 4. The van der Waals surface area contributed by atoms with E-state index in [1.165, 1.54) is 21.9 Å².